The molecule has 1 unspecified atom stereocenters. The third kappa shape index (κ3) is 3.14. The van der Waals surface area contributed by atoms with Crippen LogP contribution in [0.4, 0.5) is 5.69 Å². The number of anilines is 1. The number of halogens is 1. The first-order chi connectivity index (χ1) is 9.01. The van der Waals surface area contributed by atoms with Gasteiger partial charge in [-0.1, -0.05) is 0 Å². The van der Waals surface area contributed by atoms with Gasteiger partial charge in [-0.05, 0) is 41.1 Å². The van der Waals surface area contributed by atoms with Crippen molar-refractivity contribution in [2.75, 3.05) is 11.3 Å². The zero-order valence-electron chi connectivity index (χ0n) is 9.86. The molecule has 1 aromatic carbocycles. The summed E-state index contributed by atoms with van der Waals surface area (Å²) in [5.41, 5.74) is 1.35. The summed E-state index contributed by atoms with van der Waals surface area (Å²) in [7, 11) is 0. The molecule has 0 saturated heterocycles. The lowest BCUT2D eigenvalue weighted by Crippen LogP contribution is -2.04. The fourth-order valence-corrected chi connectivity index (χ4v) is 2.58. The van der Waals surface area contributed by atoms with E-state index in [1.807, 2.05) is 0 Å². The molecule has 0 saturated carbocycles. The molecule has 1 aromatic heterocycles. The number of hydrogen-bond donors (Lipinski definition) is 2. The van der Waals surface area contributed by atoms with Crippen LogP contribution in [0.25, 0.3) is 10.9 Å². The summed E-state index contributed by atoms with van der Waals surface area (Å²) in [6.07, 6.45) is 0. The maximum absolute atomic E-state index is 11.6. The third-order valence-corrected chi connectivity index (χ3v) is 3.44. The average molecular weight is 346 g/mol. The van der Waals surface area contributed by atoms with E-state index >= 15 is 0 Å². The Morgan fingerprint density at radius 3 is 2.89 bits per heavy atom. The maximum atomic E-state index is 11.6. The van der Waals surface area contributed by atoms with Gasteiger partial charge in [0, 0.05) is 26.6 Å². The van der Waals surface area contributed by atoms with E-state index in [1.54, 1.807) is 25.1 Å². The molecule has 6 nitrogen and oxygen atoms in total. The number of ether oxygens (including phenoxy) is 1. The fraction of sp³-hybridized carbons (Fsp3) is 0.182. The van der Waals surface area contributed by atoms with Gasteiger partial charge in [0.25, 0.3) is 0 Å². The predicted molar refractivity (Wildman–Crippen MR) is 74.5 cm³/mol. The standard InChI is InChI=1S/C11H11BrN2O4S/c1-2-18-11(15)10-4-6-3-7(12)9(14-19(16)17)5-8(6)13-10/h3-5,13-14H,2H2,1H3,(H,16,17)/p-1. The van der Waals surface area contributed by atoms with Gasteiger partial charge in [0.1, 0.15) is 5.69 Å². The number of rotatable bonds is 4. The number of fused-ring (bicyclic) bond motifs is 1. The zero-order chi connectivity index (χ0) is 14.0. The van der Waals surface area contributed by atoms with Crippen molar-refractivity contribution >= 4 is 49.8 Å². The Hall–Kier alpha value is -1.38. The molecule has 1 heterocycles. The van der Waals surface area contributed by atoms with Crippen LogP contribution in [0.2, 0.25) is 0 Å². The maximum Gasteiger partial charge on any atom is 0.354 e. The number of hydrogen-bond acceptors (Lipinski definition) is 4. The highest BCUT2D eigenvalue weighted by molar-refractivity contribution is 9.10. The second-order valence-electron chi connectivity index (χ2n) is 3.66. The van der Waals surface area contributed by atoms with E-state index in [9.17, 15) is 13.6 Å². The van der Waals surface area contributed by atoms with Crippen LogP contribution in [0, 0.1) is 0 Å². The number of carbonyl (C=O) groups is 1. The molecule has 0 aliphatic carbocycles. The Balaban J connectivity index is 2.42. The first-order valence-corrected chi connectivity index (χ1v) is 7.23. The largest absolute Gasteiger partial charge is 0.755 e. The lowest BCUT2D eigenvalue weighted by molar-refractivity contribution is 0.0520. The average Bonchev–Trinajstić information content (AvgIpc) is 2.72. The van der Waals surface area contributed by atoms with Crippen molar-refractivity contribution in [1.82, 2.24) is 4.98 Å². The number of benzene rings is 1. The van der Waals surface area contributed by atoms with Gasteiger partial charge in [0.2, 0.25) is 0 Å². The summed E-state index contributed by atoms with van der Waals surface area (Å²) in [5.74, 6) is -0.447. The minimum Gasteiger partial charge on any atom is -0.755 e. The minimum atomic E-state index is -2.41. The van der Waals surface area contributed by atoms with Crippen LogP contribution in [-0.2, 0) is 16.0 Å². The van der Waals surface area contributed by atoms with Crippen LogP contribution in [-0.4, -0.2) is 26.3 Å². The summed E-state index contributed by atoms with van der Waals surface area (Å²) in [6, 6.07) is 4.96. The Labute approximate surface area is 120 Å². The lowest BCUT2D eigenvalue weighted by Gasteiger charge is -2.10. The Morgan fingerprint density at radius 2 is 2.26 bits per heavy atom. The van der Waals surface area contributed by atoms with Gasteiger partial charge in [-0.3, -0.25) is 4.21 Å². The number of aromatic amines is 1. The molecular weight excluding hydrogens is 336 g/mol. The van der Waals surface area contributed by atoms with Gasteiger partial charge in [-0.2, -0.15) is 0 Å². The van der Waals surface area contributed by atoms with Gasteiger partial charge >= 0.3 is 5.97 Å². The molecule has 0 radical (unpaired) electrons. The number of carbonyl (C=O) groups excluding carboxylic acids is 1. The molecule has 0 aliphatic heterocycles. The van der Waals surface area contributed by atoms with Gasteiger partial charge in [-0.15, -0.1) is 0 Å². The topological polar surface area (TPSA) is 94.2 Å². The molecule has 2 N–H and O–H groups in total. The van der Waals surface area contributed by atoms with Crippen molar-refractivity contribution in [2.24, 2.45) is 0 Å². The van der Waals surface area contributed by atoms with Gasteiger partial charge in [0.15, 0.2) is 0 Å². The fourth-order valence-electron chi connectivity index (χ4n) is 1.64. The van der Waals surface area contributed by atoms with Crippen molar-refractivity contribution < 1.29 is 18.3 Å². The third-order valence-electron chi connectivity index (χ3n) is 2.40. The summed E-state index contributed by atoms with van der Waals surface area (Å²) in [6.45, 7) is 2.02. The van der Waals surface area contributed by atoms with Crippen molar-refractivity contribution in [1.29, 1.82) is 0 Å². The summed E-state index contributed by atoms with van der Waals surface area (Å²) in [4.78, 5) is 14.5. The van der Waals surface area contributed by atoms with Gasteiger partial charge in [0.05, 0.1) is 12.3 Å². The van der Waals surface area contributed by atoms with Crippen molar-refractivity contribution in [3.63, 3.8) is 0 Å². The van der Waals surface area contributed by atoms with Crippen LogP contribution in [0.5, 0.6) is 0 Å². The van der Waals surface area contributed by atoms with E-state index in [2.05, 4.69) is 25.6 Å². The predicted octanol–water partition coefficient (Wildman–Crippen LogP) is 2.31. The monoisotopic (exact) mass is 345 g/mol. The molecule has 102 valence electrons. The molecular formula is C11H10BrN2O4S-. The Kier molecular flexibility index (Phi) is 4.23. The molecule has 0 bridgehead atoms. The molecule has 0 aliphatic rings. The number of nitrogens with one attached hydrogen (secondary N) is 2. The summed E-state index contributed by atoms with van der Waals surface area (Å²) in [5, 5.41) is 0.775. The Morgan fingerprint density at radius 1 is 1.53 bits per heavy atom. The summed E-state index contributed by atoms with van der Waals surface area (Å²) >= 11 is 0.847. The van der Waals surface area contributed by atoms with Crippen molar-refractivity contribution in [2.45, 2.75) is 6.92 Å². The molecule has 0 spiro atoms. The highest BCUT2D eigenvalue weighted by atomic mass is 79.9. The SMILES string of the molecule is CCOC(=O)c1cc2cc(Br)c(NS(=O)[O-])cc2[nH]1. The van der Waals surface area contributed by atoms with Crippen LogP contribution < -0.4 is 4.72 Å². The number of aromatic nitrogens is 1. The number of esters is 1. The summed E-state index contributed by atoms with van der Waals surface area (Å²) < 4.78 is 29.0. The highest BCUT2D eigenvalue weighted by Crippen LogP contribution is 2.29. The van der Waals surface area contributed by atoms with E-state index in [0.717, 1.165) is 5.39 Å². The van der Waals surface area contributed by atoms with E-state index in [4.69, 9.17) is 4.74 Å². The van der Waals surface area contributed by atoms with E-state index < -0.39 is 17.2 Å². The van der Waals surface area contributed by atoms with E-state index in [0.29, 0.717) is 28.0 Å². The van der Waals surface area contributed by atoms with Crippen LogP contribution in [0.3, 0.4) is 0 Å². The van der Waals surface area contributed by atoms with Crippen LogP contribution >= 0.6 is 15.9 Å². The van der Waals surface area contributed by atoms with Crippen LogP contribution in [0.1, 0.15) is 17.4 Å². The van der Waals surface area contributed by atoms with Gasteiger partial charge in [-0.25, -0.2) is 4.79 Å². The van der Waals surface area contributed by atoms with Gasteiger partial charge < -0.3 is 19.0 Å². The normalized spacial score (nSPS) is 12.4. The zero-order valence-corrected chi connectivity index (χ0v) is 12.3. The molecule has 1 atom stereocenters. The smallest absolute Gasteiger partial charge is 0.354 e. The molecule has 0 amide bonds. The second-order valence-corrected chi connectivity index (χ2v) is 5.19. The Bertz CT molecular complexity index is 655. The first-order valence-electron chi connectivity index (χ1n) is 5.36. The first kappa shape index (κ1) is 14.0. The lowest BCUT2D eigenvalue weighted by atomic mass is 10.2. The molecule has 19 heavy (non-hydrogen) atoms. The van der Waals surface area contributed by atoms with Crippen LogP contribution in [0.15, 0.2) is 22.7 Å². The van der Waals surface area contributed by atoms with Crippen molar-refractivity contribution in [3.8, 4) is 0 Å². The minimum absolute atomic E-state index is 0.292. The highest BCUT2D eigenvalue weighted by Gasteiger charge is 2.12. The molecule has 2 rings (SSSR count). The molecule has 8 heteroatoms. The van der Waals surface area contributed by atoms with E-state index in [-0.39, 0.29) is 0 Å². The van der Waals surface area contributed by atoms with E-state index in [1.165, 1.54) is 0 Å². The quantitative estimate of drug-likeness (QED) is 0.656. The van der Waals surface area contributed by atoms with Crippen molar-refractivity contribution in [3.05, 3.63) is 28.4 Å². The molecule has 0 fully saturated rings. The molecule has 2 aromatic rings. The number of H-pyrrole nitrogens is 1. The second kappa shape index (κ2) is 5.72.